The van der Waals surface area contributed by atoms with Crippen LogP contribution in [-0.2, 0) is 27.3 Å². The van der Waals surface area contributed by atoms with Crippen LogP contribution in [0.1, 0.15) is 16.7 Å². The van der Waals surface area contributed by atoms with Crippen molar-refractivity contribution >= 4 is 28.4 Å². The number of anilines is 1. The van der Waals surface area contributed by atoms with Gasteiger partial charge in [0.25, 0.3) is 5.56 Å². The van der Waals surface area contributed by atoms with E-state index in [4.69, 9.17) is 4.74 Å². The molecule has 9 nitrogen and oxygen atoms in total. The molecule has 0 aliphatic heterocycles. The fourth-order valence-corrected chi connectivity index (χ4v) is 4.22. The Labute approximate surface area is 219 Å². The molecule has 2 N–H and O–H groups in total. The van der Waals surface area contributed by atoms with Crippen LogP contribution < -0.4 is 21.9 Å². The number of nitrogens with one attached hydrogen (secondary N) is 2. The standard InChI is InChI=1S/C29H30N4O5/c1-19-7-6-9-24(20(19)2)31-27(35)18-32-25-10-5-4-8-23(25)28(36)33(29(32)37)22-13-11-21(12-14-22)17-26(34)30-15-16-38-3/h4-14H,15-18H2,1-3H3,(H,30,34)(H,31,35). The van der Waals surface area contributed by atoms with E-state index in [1.165, 1.54) is 4.57 Å². The third-order valence-corrected chi connectivity index (χ3v) is 6.42. The van der Waals surface area contributed by atoms with Crippen molar-refractivity contribution in [2.24, 2.45) is 0 Å². The van der Waals surface area contributed by atoms with Crippen molar-refractivity contribution in [2.75, 3.05) is 25.6 Å². The SMILES string of the molecule is COCCNC(=O)Cc1ccc(-n2c(=O)c3ccccc3n(CC(=O)Nc3cccc(C)c3C)c2=O)cc1. The van der Waals surface area contributed by atoms with Crippen LogP contribution in [0.2, 0.25) is 0 Å². The lowest BCUT2D eigenvalue weighted by atomic mass is 10.1. The van der Waals surface area contributed by atoms with Gasteiger partial charge < -0.3 is 15.4 Å². The van der Waals surface area contributed by atoms with E-state index in [2.05, 4.69) is 10.6 Å². The molecule has 4 aromatic rings. The molecule has 0 bridgehead atoms. The zero-order chi connectivity index (χ0) is 27.2. The molecule has 0 aliphatic rings. The average Bonchev–Trinajstić information content (AvgIpc) is 2.90. The summed E-state index contributed by atoms with van der Waals surface area (Å²) in [7, 11) is 1.56. The van der Waals surface area contributed by atoms with E-state index >= 15 is 0 Å². The molecule has 0 saturated carbocycles. The van der Waals surface area contributed by atoms with Crippen LogP contribution >= 0.6 is 0 Å². The Balaban J connectivity index is 1.67. The molecule has 9 heteroatoms. The van der Waals surface area contributed by atoms with Crippen LogP contribution in [0.15, 0.2) is 76.3 Å². The molecule has 196 valence electrons. The summed E-state index contributed by atoms with van der Waals surface area (Å²) in [6, 6.07) is 19.0. The van der Waals surface area contributed by atoms with Gasteiger partial charge >= 0.3 is 5.69 Å². The second kappa shape index (κ2) is 11.7. The van der Waals surface area contributed by atoms with E-state index in [1.807, 2.05) is 26.0 Å². The van der Waals surface area contributed by atoms with Crippen molar-refractivity contribution in [1.29, 1.82) is 0 Å². The van der Waals surface area contributed by atoms with E-state index in [1.54, 1.807) is 61.7 Å². The Hall–Kier alpha value is -4.50. The van der Waals surface area contributed by atoms with E-state index in [0.717, 1.165) is 21.3 Å². The molecular weight excluding hydrogens is 484 g/mol. The predicted octanol–water partition coefficient (Wildman–Crippen LogP) is 2.71. The highest BCUT2D eigenvalue weighted by Gasteiger charge is 2.17. The first kappa shape index (κ1) is 26.6. The van der Waals surface area contributed by atoms with Gasteiger partial charge in [0.15, 0.2) is 0 Å². The van der Waals surface area contributed by atoms with Gasteiger partial charge in [-0.05, 0) is 60.9 Å². The number of aryl methyl sites for hydroxylation is 1. The Kier molecular flexibility index (Phi) is 8.18. The Bertz CT molecular complexity index is 1600. The molecule has 0 aliphatic carbocycles. The number of fused-ring (bicyclic) bond motifs is 1. The largest absolute Gasteiger partial charge is 0.383 e. The van der Waals surface area contributed by atoms with Crippen LogP contribution in [0, 0.1) is 13.8 Å². The maximum absolute atomic E-state index is 13.6. The smallest absolute Gasteiger partial charge is 0.336 e. The highest BCUT2D eigenvalue weighted by atomic mass is 16.5. The van der Waals surface area contributed by atoms with Gasteiger partial charge in [0.1, 0.15) is 6.54 Å². The molecule has 4 rings (SSSR count). The first-order chi connectivity index (χ1) is 18.3. The zero-order valence-electron chi connectivity index (χ0n) is 21.6. The summed E-state index contributed by atoms with van der Waals surface area (Å²) in [5.74, 6) is -0.541. The maximum atomic E-state index is 13.6. The van der Waals surface area contributed by atoms with Crippen LogP contribution in [-0.4, -0.2) is 41.2 Å². The zero-order valence-corrected chi connectivity index (χ0v) is 21.6. The van der Waals surface area contributed by atoms with Gasteiger partial charge in [0.2, 0.25) is 11.8 Å². The van der Waals surface area contributed by atoms with Crippen LogP contribution in [0.3, 0.4) is 0 Å². The molecule has 2 amide bonds. The normalized spacial score (nSPS) is 10.9. The molecule has 0 radical (unpaired) electrons. The number of hydrogen-bond donors (Lipinski definition) is 2. The van der Waals surface area contributed by atoms with Gasteiger partial charge in [0.05, 0.1) is 29.6 Å². The fraction of sp³-hybridized carbons (Fsp3) is 0.241. The lowest BCUT2D eigenvalue weighted by Gasteiger charge is -2.15. The second-order valence-electron chi connectivity index (χ2n) is 9.01. The number of carbonyl (C=O) groups excluding carboxylic acids is 2. The molecule has 0 saturated heterocycles. The Morgan fingerprint density at radius 1 is 0.895 bits per heavy atom. The van der Waals surface area contributed by atoms with Crippen molar-refractivity contribution in [3.05, 3.63) is 104 Å². The monoisotopic (exact) mass is 514 g/mol. The topological polar surface area (TPSA) is 111 Å². The van der Waals surface area contributed by atoms with Gasteiger partial charge in [-0.1, -0.05) is 36.4 Å². The maximum Gasteiger partial charge on any atom is 0.336 e. The lowest BCUT2D eigenvalue weighted by molar-refractivity contribution is -0.120. The van der Waals surface area contributed by atoms with Crippen molar-refractivity contribution in [3.63, 3.8) is 0 Å². The Morgan fingerprint density at radius 2 is 1.63 bits per heavy atom. The van der Waals surface area contributed by atoms with E-state index in [-0.39, 0.29) is 24.8 Å². The Morgan fingerprint density at radius 3 is 2.37 bits per heavy atom. The molecule has 1 heterocycles. The van der Waals surface area contributed by atoms with Gasteiger partial charge in [-0.3, -0.25) is 19.0 Å². The first-order valence-electron chi connectivity index (χ1n) is 12.3. The number of hydrogen-bond acceptors (Lipinski definition) is 5. The fourth-order valence-electron chi connectivity index (χ4n) is 4.22. The third-order valence-electron chi connectivity index (χ3n) is 6.42. The minimum Gasteiger partial charge on any atom is -0.383 e. The summed E-state index contributed by atoms with van der Waals surface area (Å²) in [5, 5.41) is 5.95. The summed E-state index contributed by atoms with van der Waals surface area (Å²) in [6.45, 7) is 4.44. The summed E-state index contributed by atoms with van der Waals surface area (Å²) >= 11 is 0. The number of benzene rings is 3. The molecule has 38 heavy (non-hydrogen) atoms. The van der Waals surface area contributed by atoms with Crippen molar-refractivity contribution in [1.82, 2.24) is 14.5 Å². The first-order valence-corrected chi connectivity index (χ1v) is 12.3. The number of nitrogens with zero attached hydrogens (tertiary/aromatic N) is 2. The van der Waals surface area contributed by atoms with Gasteiger partial charge in [0, 0.05) is 19.3 Å². The highest BCUT2D eigenvalue weighted by molar-refractivity contribution is 5.92. The summed E-state index contributed by atoms with van der Waals surface area (Å²) in [4.78, 5) is 52.0. The van der Waals surface area contributed by atoms with Crippen LogP contribution in [0.25, 0.3) is 16.6 Å². The van der Waals surface area contributed by atoms with Gasteiger partial charge in [-0.2, -0.15) is 0 Å². The molecule has 0 fully saturated rings. The predicted molar refractivity (Wildman–Crippen MR) is 147 cm³/mol. The lowest BCUT2D eigenvalue weighted by Crippen LogP contribution is -2.40. The third kappa shape index (κ3) is 5.73. The number of rotatable bonds is 9. The van der Waals surface area contributed by atoms with Crippen molar-refractivity contribution in [2.45, 2.75) is 26.8 Å². The van der Waals surface area contributed by atoms with Crippen LogP contribution in [0.5, 0.6) is 0 Å². The quantitative estimate of drug-likeness (QED) is 0.334. The number of amides is 2. The highest BCUT2D eigenvalue weighted by Crippen LogP contribution is 2.18. The second-order valence-corrected chi connectivity index (χ2v) is 9.01. The van der Waals surface area contributed by atoms with E-state index in [0.29, 0.717) is 35.4 Å². The van der Waals surface area contributed by atoms with E-state index in [9.17, 15) is 19.2 Å². The van der Waals surface area contributed by atoms with Gasteiger partial charge in [-0.25, -0.2) is 9.36 Å². The molecular formula is C29H30N4O5. The molecule has 0 unspecified atom stereocenters. The molecule has 0 atom stereocenters. The van der Waals surface area contributed by atoms with E-state index < -0.39 is 11.2 Å². The molecule has 1 aromatic heterocycles. The summed E-state index contributed by atoms with van der Waals surface area (Å²) in [5.41, 5.74) is 2.98. The number of aromatic nitrogens is 2. The molecule has 3 aromatic carbocycles. The summed E-state index contributed by atoms with van der Waals surface area (Å²) < 4.78 is 7.28. The van der Waals surface area contributed by atoms with Crippen molar-refractivity contribution in [3.8, 4) is 5.69 Å². The number of carbonyl (C=O) groups is 2. The summed E-state index contributed by atoms with van der Waals surface area (Å²) in [6.07, 6.45) is 0.152. The minimum atomic E-state index is -0.630. The van der Waals surface area contributed by atoms with Gasteiger partial charge in [-0.15, -0.1) is 0 Å². The van der Waals surface area contributed by atoms with Crippen molar-refractivity contribution < 1.29 is 14.3 Å². The average molecular weight is 515 g/mol. The minimum absolute atomic E-state index is 0.152. The number of ether oxygens (including phenoxy) is 1. The molecule has 0 spiro atoms. The number of para-hydroxylation sites is 1. The van der Waals surface area contributed by atoms with Crippen LogP contribution in [0.4, 0.5) is 5.69 Å². The number of methoxy groups -OCH3 is 1.